The second kappa shape index (κ2) is 4.91. The Bertz CT molecular complexity index is 485. The number of oxime groups is 1. The minimum Gasteiger partial charge on any atom is -0.505 e. The number of hydrogen-bond donors (Lipinski definition) is 4. The summed E-state index contributed by atoms with van der Waals surface area (Å²) in [5.41, 5.74) is 5.65. The van der Waals surface area contributed by atoms with Crippen molar-refractivity contribution < 1.29 is 15.1 Å². The van der Waals surface area contributed by atoms with Gasteiger partial charge in [-0.05, 0) is 24.8 Å². The Morgan fingerprint density at radius 2 is 2.33 bits per heavy atom. The molecule has 0 saturated heterocycles. The highest BCUT2D eigenvalue weighted by Gasteiger charge is 2.35. The van der Waals surface area contributed by atoms with Crippen molar-refractivity contribution in [2.75, 3.05) is 0 Å². The van der Waals surface area contributed by atoms with E-state index in [0.717, 1.165) is 12.8 Å². The van der Waals surface area contributed by atoms with E-state index < -0.39 is 11.9 Å². The number of amidine groups is 1. The van der Waals surface area contributed by atoms with Gasteiger partial charge < -0.3 is 21.4 Å². The highest BCUT2D eigenvalue weighted by molar-refractivity contribution is 6.00. The van der Waals surface area contributed by atoms with Crippen LogP contribution in [-0.2, 0) is 0 Å². The molecule has 1 amide bonds. The first-order chi connectivity index (χ1) is 8.63. The summed E-state index contributed by atoms with van der Waals surface area (Å²) in [7, 11) is 0. The molecule has 18 heavy (non-hydrogen) atoms. The number of carbonyl (C=O) groups is 1. The highest BCUT2D eigenvalue weighted by atomic mass is 16.4. The first-order valence-corrected chi connectivity index (χ1v) is 5.54. The smallest absolute Gasteiger partial charge is 0.255 e. The summed E-state index contributed by atoms with van der Waals surface area (Å²) >= 11 is 0. The minimum atomic E-state index is -0.505. The summed E-state index contributed by atoms with van der Waals surface area (Å²) in [4.78, 5) is 15.6. The molecule has 2 rings (SSSR count). The van der Waals surface area contributed by atoms with Gasteiger partial charge in [-0.25, -0.2) is 0 Å². The number of nitrogens with two attached hydrogens (primary N) is 1. The zero-order chi connectivity index (χ0) is 13.1. The fraction of sp³-hybridized carbons (Fsp3) is 0.364. The molecule has 0 aliphatic heterocycles. The van der Waals surface area contributed by atoms with Crippen LogP contribution >= 0.6 is 0 Å². The van der Waals surface area contributed by atoms with Crippen LogP contribution in [0.1, 0.15) is 23.2 Å². The van der Waals surface area contributed by atoms with Crippen LogP contribution in [0.25, 0.3) is 0 Å². The van der Waals surface area contributed by atoms with Gasteiger partial charge in [0, 0.05) is 6.20 Å². The van der Waals surface area contributed by atoms with Crippen molar-refractivity contribution in [1.29, 1.82) is 0 Å². The number of aromatic hydroxyl groups is 1. The summed E-state index contributed by atoms with van der Waals surface area (Å²) in [6, 6.07) is 0.899. The van der Waals surface area contributed by atoms with Crippen molar-refractivity contribution in [2.24, 2.45) is 16.8 Å². The van der Waals surface area contributed by atoms with Crippen molar-refractivity contribution in [1.82, 2.24) is 10.3 Å². The summed E-state index contributed by atoms with van der Waals surface area (Å²) in [6.45, 7) is 0. The normalized spacial score (nSPS) is 17.2. The van der Waals surface area contributed by atoms with E-state index in [9.17, 15) is 9.90 Å². The van der Waals surface area contributed by atoms with E-state index in [1.54, 1.807) is 0 Å². The molecule has 0 spiro atoms. The number of amides is 1. The second-order valence-corrected chi connectivity index (χ2v) is 4.21. The monoisotopic (exact) mass is 250 g/mol. The maximum Gasteiger partial charge on any atom is 0.255 e. The molecule has 7 heteroatoms. The number of carbonyl (C=O) groups excluding carboxylic acids is 1. The standard InChI is InChI=1S/C11H14N4O3/c12-10(15-18)9(6-1-2-6)14-11(17)7-3-4-13-5-8(7)16/h3-6,9,16,18H,1-2H2,(H2,12,15)(H,14,17). The van der Waals surface area contributed by atoms with Gasteiger partial charge in [0.1, 0.15) is 5.75 Å². The van der Waals surface area contributed by atoms with Crippen molar-refractivity contribution in [2.45, 2.75) is 18.9 Å². The van der Waals surface area contributed by atoms with Gasteiger partial charge in [-0.1, -0.05) is 5.16 Å². The van der Waals surface area contributed by atoms with Crippen molar-refractivity contribution in [3.8, 4) is 5.75 Å². The number of aromatic nitrogens is 1. The van der Waals surface area contributed by atoms with Gasteiger partial charge in [-0.15, -0.1) is 0 Å². The van der Waals surface area contributed by atoms with Crippen molar-refractivity contribution in [3.63, 3.8) is 0 Å². The summed E-state index contributed by atoms with van der Waals surface area (Å²) < 4.78 is 0. The summed E-state index contributed by atoms with van der Waals surface area (Å²) in [5.74, 6) is -0.518. The summed E-state index contributed by atoms with van der Waals surface area (Å²) in [6.07, 6.45) is 4.43. The van der Waals surface area contributed by atoms with E-state index in [2.05, 4.69) is 15.5 Å². The fourth-order valence-corrected chi connectivity index (χ4v) is 1.72. The maximum atomic E-state index is 11.9. The lowest BCUT2D eigenvalue weighted by atomic mass is 10.1. The molecule has 1 atom stereocenters. The van der Waals surface area contributed by atoms with Crippen LogP contribution in [0.2, 0.25) is 0 Å². The quantitative estimate of drug-likeness (QED) is 0.260. The number of hydrogen-bond acceptors (Lipinski definition) is 5. The van der Waals surface area contributed by atoms with E-state index in [1.807, 2.05) is 0 Å². The third-order valence-electron chi connectivity index (χ3n) is 2.86. The predicted molar refractivity (Wildman–Crippen MR) is 63.3 cm³/mol. The second-order valence-electron chi connectivity index (χ2n) is 4.21. The zero-order valence-corrected chi connectivity index (χ0v) is 9.58. The summed E-state index contributed by atoms with van der Waals surface area (Å²) in [5, 5.41) is 23.8. The van der Waals surface area contributed by atoms with E-state index in [0.29, 0.717) is 0 Å². The minimum absolute atomic E-state index is 0.0283. The van der Waals surface area contributed by atoms with E-state index in [1.165, 1.54) is 18.5 Å². The van der Waals surface area contributed by atoms with Gasteiger partial charge in [0.15, 0.2) is 5.84 Å². The molecule has 5 N–H and O–H groups in total. The van der Waals surface area contributed by atoms with Gasteiger partial charge in [0.25, 0.3) is 5.91 Å². The van der Waals surface area contributed by atoms with Gasteiger partial charge in [0.2, 0.25) is 0 Å². The number of rotatable bonds is 4. The Balaban J connectivity index is 2.12. The molecule has 1 unspecified atom stereocenters. The molecular formula is C11H14N4O3. The Hall–Kier alpha value is -2.31. The van der Waals surface area contributed by atoms with Crippen LogP contribution in [-0.4, -0.2) is 33.1 Å². The molecule has 1 aromatic rings. The van der Waals surface area contributed by atoms with Crippen LogP contribution in [0, 0.1) is 5.92 Å². The van der Waals surface area contributed by atoms with Crippen molar-refractivity contribution in [3.05, 3.63) is 24.0 Å². The largest absolute Gasteiger partial charge is 0.505 e. The van der Waals surface area contributed by atoms with Gasteiger partial charge >= 0.3 is 0 Å². The average molecular weight is 250 g/mol. The van der Waals surface area contributed by atoms with Crippen LogP contribution < -0.4 is 11.1 Å². The van der Waals surface area contributed by atoms with Crippen LogP contribution in [0.4, 0.5) is 0 Å². The zero-order valence-electron chi connectivity index (χ0n) is 9.58. The lowest BCUT2D eigenvalue weighted by Gasteiger charge is -2.16. The van der Waals surface area contributed by atoms with Gasteiger partial charge in [0.05, 0.1) is 17.8 Å². The molecule has 96 valence electrons. The first-order valence-electron chi connectivity index (χ1n) is 5.54. The third kappa shape index (κ3) is 2.50. The van der Waals surface area contributed by atoms with E-state index >= 15 is 0 Å². The highest BCUT2D eigenvalue weighted by Crippen LogP contribution is 2.33. The molecule has 1 saturated carbocycles. The van der Waals surface area contributed by atoms with E-state index in [-0.39, 0.29) is 23.1 Å². The number of pyridine rings is 1. The topological polar surface area (TPSA) is 121 Å². The van der Waals surface area contributed by atoms with E-state index in [4.69, 9.17) is 10.9 Å². The maximum absolute atomic E-state index is 11.9. The van der Waals surface area contributed by atoms with Crippen LogP contribution in [0.5, 0.6) is 5.75 Å². The molecule has 1 heterocycles. The first kappa shape index (κ1) is 12.2. The number of nitrogens with one attached hydrogen (secondary N) is 1. The molecule has 7 nitrogen and oxygen atoms in total. The fourth-order valence-electron chi connectivity index (χ4n) is 1.72. The number of nitrogens with zero attached hydrogens (tertiary/aromatic N) is 2. The van der Waals surface area contributed by atoms with Crippen molar-refractivity contribution >= 4 is 11.7 Å². The molecule has 1 aliphatic rings. The van der Waals surface area contributed by atoms with Gasteiger partial charge in [-0.2, -0.15) is 0 Å². The predicted octanol–water partition coefficient (Wildman–Crippen LogP) is 0.0420. The molecule has 0 bridgehead atoms. The Morgan fingerprint density at radius 3 is 2.89 bits per heavy atom. The average Bonchev–Trinajstić information content (AvgIpc) is 3.19. The molecule has 1 aliphatic carbocycles. The lowest BCUT2D eigenvalue weighted by Crippen LogP contribution is -2.46. The molecule has 1 aromatic heterocycles. The molecule has 0 aromatic carbocycles. The Morgan fingerprint density at radius 1 is 1.61 bits per heavy atom. The van der Waals surface area contributed by atoms with Crippen LogP contribution in [0.3, 0.4) is 0 Å². The van der Waals surface area contributed by atoms with Gasteiger partial charge in [-0.3, -0.25) is 9.78 Å². The molecular weight excluding hydrogens is 236 g/mol. The Labute approximate surface area is 103 Å². The third-order valence-corrected chi connectivity index (χ3v) is 2.86. The SMILES string of the molecule is N/C(=N/O)C(NC(=O)c1ccncc1O)C1CC1. The van der Waals surface area contributed by atoms with Crippen LogP contribution in [0.15, 0.2) is 23.6 Å². The molecule has 1 fully saturated rings. The Kier molecular flexibility index (Phi) is 3.31. The lowest BCUT2D eigenvalue weighted by molar-refractivity contribution is 0.0940. The molecule has 0 radical (unpaired) electrons.